The van der Waals surface area contributed by atoms with Gasteiger partial charge in [0, 0.05) is 13.1 Å². The standard InChI is InChI=1S/C16H19NO3S/c1-2-17(12-14-8-4-3-5-9-14)21(19,20)16-11-7-6-10-15(16)13-18/h3-11,18H,2,12-13H2,1H3. The SMILES string of the molecule is CCN(Cc1ccccc1)S(=O)(=O)c1ccccc1CO. The second-order valence-electron chi connectivity index (χ2n) is 4.68. The van der Waals surface area contributed by atoms with E-state index in [4.69, 9.17) is 0 Å². The van der Waals surface area contributed by atoms with Gasteiger partial charge in [0.15, 0.2) is 0 Å². The highest BCUT2D eigenvalue weighted by Gasteiger charge is 2.25. The van der Waals surface area contributed by atoms with Gasteiger partial charge in [-0.3, -0.25) is 0 Å². The molecule has 2 rings (SSSR count). The van der Waals surface area contributed by atoms with Crippen LogP contribution in [-0.4, -0.2) is 24.4 Å². The predicted octanol–water partition coefficient (Wildman–Crippen LogP) is 2.39. The molecule has 0 saturated heterocycles. The second kappa shape index (κ2) is 6.85. The molecule has 0 atom stereocenters. The molecule has 0 amide bonds. The number of aliphatic hydroxyl groups excluding tert-OH is 1. The molecule has 112 valence electrons. The van der Waals surface area contributed by atoms with E-state index < -0.39 is 10.0 Å². The third-order valence-electron chi connectivity index (χ3n) is 3.32. The molecule has 0 fully saturated rings. The van der Waals surface area contributed by atoms with Crippen LogP contribution in [0.2, 0.25) is 0 Å². The average Bonchev–Trinajstić information content (AvgIpc) is 2.53. The van der Waals surface area contributed by atoms with Gasteiger partial charge < -0.3 is 5.11 Å². The lowest BCUT2D eigenvalue weighted by Gasteiger charge is -2.22. The fraction of sp³-hybridized carbons (Fsp3) is 0.250. The third-order valence-corrected chi connectivity index (χ3v) is 5.34. The lowest BCUT2D eigenvalue weighted by Crippen LogP contribution is -2.31. The number of nitrogens with zero attached hydrogens (tertiary/aromatic N) is 1. The molecule has 0 bridgehead atoms. The van der Waals surface area contributed by atoms with Crippen LogP contribution in [0.15, 0.2) is 59.5 Å². The summed E-state index contributed by atoms with van der Waals surface area (Å²) in [5.41, 5.74) is 1.36. The maximum atomic E-state index is 12.8. The Morgan fingerprint density at radius 2 is 1.62 bits per heavy atom. The van der Waals surface area contributed by atoms with E-state index in [9.17, 15) is 13.5 Å². The van der Waals surface area contributed by atoms with E-state index in [1.165, 1.54) is 10.4 Å². The first-order valence-electron chi connectivity index (χ1n) is 6.82. The molecule has 0 aliphatic rings. The molecule has 0 aliphatic heterocycles. The quantitative estimate of drug-likeness (QED) is 0.891. The van der Waals surface area contributed by atoms with Gasteiger partial charge in [0.05, 0.1) is 11.5 Å². The van der Waals surface area contributed by atoms with Crippen molar-refractivity contribution in [3.8, 4) is 0 Å². The van der Waals surface area contributed by atoms with Crippen LogP contribution >= 0.6 is 0 Å². The molecule has 0 unspecified atom stereocenters. The number of sulfonamides is 1. The van der Waals surface area contributed by atoms with E-state index in [1.54, 1.807) is 18.2 Å². The Balaban J connectivity index is 2.36. The maximum Gasteiger partial charge on any atom is 0.243 e. The number of benzene rings is 2. The van der Waals surface area contributed by atoms with E-state index in [0.29, 0.717) is 18.7 Å². The summed E-state index contributed by atoms with van der Waals surface area (Å²) in [4.78, 5) is 0.172. The van der Waals surface area contributed by atoms with Gasteiger partial charge in [-0.2, -0.15) is 4.31 Å². The lowest BCUT2D eigenvalue weighted by atomic mass is 10.2. The van der Waals surface area contributed by atoms with E-state index in [1.807, 2.05) is 37.3 Å². The van der Waals surface area contributed by atoms with E-state index in [0.717, 1.165) is 5.56 Å². The molecule has 1 N–H and O–H groups in total. The average molecular weight is 305 g/mol. The Morgan fingerprint density at radius 3 is 2.24 bits per heavy atom. The van der Waals surface area contributed by atoms with Gasteiger partial charge in [0.2, 0.25) is 10.0 Å². The zero-order valence-electron chi connectivity index (χ0n) is 11.9. The van der Waals surface area contributed by atoms with Crippen LogP contribution in [0.4, 0.5) is 0 Å². The number of hydrogen-bond donors (Lipinski definition) is 1. The molecule has 0 aromatic heterocycles. The van der Waals surface area contributed by atoms with Crippen LogP contribution in [0.3, 0.4) is 0 Å². The summed E-state index contributed by atoms with van der Waals surface area (Å²) in [6.07, 6.45) is 0. The largest absolute Gasteiger partial charge is 0.392 e. The Bertz CT molecular complexity index is 684. The summed E-state index contributed by atoms with van der Waals surface area (Å²) >= 11 is 0. The van der Waals surface area contributed by atoms with Crippen molar-refractivity contribution < 1.29 is 13.5 Å². The zero-order chi connectivity index (χ0) is 15.3. The Morgan fingerprint density at radius 1 is 1.00 bits per heavy atom. The van der Waals surface area contributed by atoms with E-state index >= 15 is 0 Å². The molecule has 5 heteroatoms. The summed E-state index contributed by atoms with van der Waals surface area (Å²) in [7, 11) is -3.62. The van der Waals surface area contributed by atoms with Crippen molar-refractivity contribution >= 4 is 10.0 Å². The molecule has 4 nitrogen and oxygen atoms in total. The van der Waals surface area contributed by atoms with Crippen LogP contribution in [0.25, 0.3) is 0 Å². The van der Waals surface area contributed by atoms with Crippen LogP contribution in [0.1, 0.15) is 18.1 Å². The first-order valence-corrected chi connectivity index (χ1v) is 8.26. The van der Waals surface area contributed by atoms with Gasteiger partial charge in [0.1, 0.15) is 0 Å². The minimum atomic E-state index is -3.62. The summed E-state index contributed by atoms with van der Waals surface area (Å²) in [6, 6.07) is 16.0. The fourth-order valence-corrected chi connectivity index (χ4v) is 3.83. The van der Waals surface area contributed by atoms with Gasteiger partial charge >= 0.3 is 0 Å². The summed E-state index contributed by atoms with van der Waals surface area (Å²) in [5.74, 6) is 0. The van der Waals surface area contributed by atoms with Crippen LogP contribution in [0, 0.1) is 0 Å². The minimum Gasteiger partial charge on any atom is -0.392 e. The summed E-state index contributed by atoms with van der Waals surface area (Å²) < 4.78 is 26.9. The molecule has 21 heavy (non-hydrogen) atoms. The second-order valence-corrected chi connectivity index (χ2v) is 6.59. The smallest absolute Gasteiger partial charge is 0.243 e. The van der Waals surface area contributed by atoms with E-state index in [-0.39, 0.29) is 11.5 Å². The molecule has 0 radical (unpaired) electrons. The van der Waals surface area contributed by atoms with Crippen molar-refractivity contribution in [2.24, 2.45) is 0 Å². The van der Waals surface area contributed by atoms with Crippen molar-refractivity contribution in [1.29, 1.82) is 0 Å². The summed E-state index contributed by atoms with van der Waals surface area (Å²) in [6.45, 7) is 2.21. The minimum absolute atomic E-state index is 0.172. The van der Waals surface area contributed by atoms with Gasteiger partial charge in [-0.1, -0.05) is 55.5 Å². The highest BCUT2D eigenvalue weighted by molar-refractivity contribution is 7.89. The Labute approximate surface area is 125 Å². The van der Waals surface area contributed by atoms with Crippen LogP contribution in [0.5, 0.6) is 0 Å². The number of hydrogen-bond acceptors (Lipinski definition) is 3. The lowest BCUT2D eigenvalue weighted by molar-refractivity contribution is 0.278. The molecule has 0 aliphatic carbocycles. The molecular formula is C16H19NO3S. The monoisotopic (exact) mass is 305 g/mol. The number of aliphatic hydroxyl groups is 1. The highest BCUT2D eigenvalue weighted by atomic mass is 32.2. The first kappa shape index (κ1) is 15.7. The Kier molecular flexibility index (Phi) is 5.12. The highest BCUT2D eigenvalue weighted by Crippen LogP contribution is 2.21. The van der Waals surface area contributed by atoms with Crippen LogP contribution in [-0.2, 0) is 23.2 Å². The zero-order valence-corrected chi connectivity index (χ0v) is 12.8. The first-order chi connectivity index (χ1) is 10.1. The molecule has 0 saturated carbocycles. The van der Waals surface area contributed by atoms with Crippen molar-refractivity contribution in [2.45, 2.75) is 25.0 Å². The van der Waals surface area contributed by atoms with Crippen molar-refractivity contribution in [3.63, 3.8) is 0 Å². The Hall–Kier alpha value is -1.69. The van der Waals surface area contributed by atoms with Gasteiger partial charge in [-0.25, -0.2) is 8.42 Å². The molecule has 0 heterocycles. The van der Waals surface area contributed by atoms with Crippen molar-refractivity contribution in [1.82, 2.24) is 4.31 Å². The molecule has 2 aromatic carbocycles. The van der Waals surface area contributed by atoms with Gasteiger partial charge in [-0.15, -0.1) is 0 Å². The van der Waals surface area contributed by atoms with Crippen LogP contribution < -0.4 is 0 Å². The van der Waals surface area contributed by atoms with Gasteiger partial charge in [0.25, 0.3) is 0 Å². The van der Waals surface area contributed by atoms with Crippen molar-refractivity contribution in [2.75, 3.05) is 6.54 Å². The molecule has 0 spiro atoms. The fourth-order valence-electron chi connectivity index (χ4n) is 2.18. The normalized spacial score (nSPS) is 11.8. The summed E-state index contributed by atoms with van der Waals surface area (Å²) in [5, 5.41) is 9.34. The third kappa shape index (κ3) is 3.50. The topological polar surface area (TPSA) is 57.6 Å². The molecular weight excluding hydrogens is 286 g/mol. The van der Waals surface area contributed by atoms with Crippen molar-refractivity contribution in [3.05, 3.63) is 65.7 Å². The predicted molar refractivity (Wildman–Crippen MR) is 82.1 cm³/mol. The molecule has 2 aromatic rings. The van der Waals surface area contributed by atoms with Gasteiger partial charge in [-0.05, 0) is 17.2 Å². The van der Waals surface area contributed by atoms with E-state index in [2.05, 4.69) is 0 Å². The number of rotatable bonds is 6. The maximum absolute atomic E-state index is 12.8.